The smallest absolute Gasteiger partial charge is 0.179 e. The number of nitrogens with two attached hydrogens (primary N) is 1. The predicted molar refractivity (Wildman–Crippen MR) is 86.3 cm³/mol. The highest BCUT2D eigenvalue weighted by atomic mass is 35.5. The Morgan fingerprint density at radius 2 is 2.00 bits per heavy atom. The molecule has 1 heterocycles. The maximum absolute atomic E-state index is 6.34. The number of rotatable bonds is 6. The first-order chi connectivity index (χ1) is 10.1. The number of fused-ring (bicyclic) bond motifs is 1. The molecule has 1 unspecified atom stereocenters. The van der Waals surface area contributed by atoms with E-state index in [0.717, 1.165) is 24.4 Å². The van der Waals surface area contributed by atoms with Crippen LogP contribution in [-0.2, 0) is 0 Å². The van der Waals surface area contributed by atoms with Crippen molar-refractivity contribution >= 4 is 11.6 Å². The molecule has 118 valence electrons. The van der Waals surface area contributed by atoms with E-state index in [0.29, 0.717) is 36.4 Å². The van der Waals surface area contributed by atoms with E-state index in [-0.39, 0.29) is 6.04 Å². The Morgan fingerprint density at radius 3 is 2.62 bits per heavy atom. The molecule has 1 atom stereocenters. The number of hydrogen-bond acceptors (Lipinski definition) is 4. The van der Waals surface area contributed by atoms with Crippen molar-refractivity contribution in [2.75, 3.05) is 32.8 Å². The quantitative estimate of drug-likeness (QED) is 0.877. The standard InChI is InChI=1S/C16H25ClN2O2/c1-4-19(10-11(2)3)14(9-18)12-7-13(17)16-15(8-12)20-5-6-21-16/h7-8,11,14H,4-6,9-10,18H2,1-3H3. The molecule has 0 aromatic heterocycles. The summed E-state index contributed by atoms with van der Waals surface area (Å²) in [7, 11) is 0. The summed E-state index contributed by atoms with van der Waals surface area (Å²) in [4.78, 5) is 2.38. The van der Waals surface area contributed by atoms with Crippen LogP contribution in [0.4, 0.5) is 0 Å². The highest BCUT2D eigenvalue weighted by molar-refractivity contribution is 6.32. The molecule has 0 amide bonds. The van der Waals surface area contributed by atoms with Crippen molar-refractivity contribution in [3.05, 3.63) is 22.7 Å². The van der Waals surface area contributed by atoms with E-state index < -0.39 is 0 Å². The Labute approximate surface area is 132 Å². The summed E-state index contributed by atoms with van der Waals surface area (Å²) in [5.74, 6) is 1.96. The fourth-order valence-corrected chi connectivity index (χ4v) is 3.04. The van der Waals surface area contributed by atoms with Gasteiger partial charge in [0.25, 0.3) is 0 Å². The molecule has 0 fully saturated rings. The van der Waals surface area contributed by atoms with E-state index in [1.807, 2.05) is 12.1 Å². The van der Waals surface area contributed by atoms with Crippen molar-refractivity contribution in [1.29, 1.82) is 0 Å². The van der Waals surface area contributed by atoms with Gasteiger partial charge < -0.3 is 15.2 Å². The lowest BCUT2D eigenvalue weighted by molar-refractivity contribution is 0.168. The van der Waals surface area contributed by atoms with E-state index in [9.17, 15) is 0 Å². The van der Waals surface area contributed by atoms with Gasteiger partial charge in [0, 0.05) is 19.1 Å². The molecule has 1 aromatic rings. The van der Waals surface area contributed by atoms with Crippen molar-refractivity contribution in [3.8, 4) is 11.5 Å². The van der Waals surface area contributed by atoms with Crippen LogP contribution in [0.1, 0.15) is 32.4 Å². The minimum atomic E-state index is 0.144. The first-order valence-electron chi connectivity index (χ1n) is 7.60. The van der Waals surface area contributed by atoms with Gasteiger partial charge in [0.2, 0.25) is 0 Å². The molecule has 0 aliphatic carbocycles. The molecule has 2 N–H and O–H groups in total. The summed E-state index contributed by atoms with van der Waals surface area (Å²) < 4.78 is 11.2. The minimum Gasteiger partial charge on any atom is -0.486 e. The Morgan fingerprint density at radius 1 is 1.29 bits per heavy atom. The third-order valence-corrected chi connectivity index (χ3v) is 3.95. The number of benzene rings is 1. The van der Waals surface area contributed by atoms with E-state index in [1.165, 1.54) is 0 Å². The average molecular weight is 313 g/mol. The molecule has 21 heavy (non-hydrogen) atoms. The second kappa shape index (κ2) is 7.34. The van der Waals surface area contributed by atoms with E-state index >= 15 is 0 Å². The summed E-state index contributed by atoms with van der Waals surface area (Å²) in [5, 5.41) is 0.598. The summed E-state index contributed by atoms with van der Waals surface area (Å²) in [5.41, 5.74) is 7.12. The molecule has 0 spiro atoms. The molecule has 1 aromatic carbocycles. The number of hydrogen-bond donors (Lipinski definition) is 1. The lowest BCUT2D eigenvalue weighted by Crippen LogP contribution is -2.36. The van der Waals surface area contributed by atoms with Crippen LogP contribution < -0.4 is 15.2 Å². The summed E-state index contributed by atoms with van der Waals surface area (Å²) in [6, 6.07) is 4.11. The van der Waals surface area contributed by atoms with Crippen molar-refractivity contribution in [1.82, 2.24) is 4.90 Å². The largest absolute Gasteiger partial charge is 0.486 e. The van der Waals surface area contributed by atoms with Gasteiger partial charge in [0.1, 0.15) is 13.2 Å². The van der Waals surface area contributed by atoms with Crippen LogP contribution in [0.2, 0.25) is 5.02 Å². The third-order valence-electron chi connectivity index (χ3n) is 3.67. The van der Waals surface area contributed by atoms with E-state index in [4.69, 9.17) is 26.8 Å². The monoisotopic (exact) mass is 312 g/mol. The maximum atomic E-state index is 6.34. The van der Waals surface area contributed by atoms with Crippen molar-refractivity contribution in [2.45, 2.75) is 26.8 Å². The second-order valence-electron chi connectivity index (χ2n) is 5.76. The summed E-state index contributed by atoms with van der Waals surface area (Å²) in [6.07, 6.45) is 0. The molecular formula is C16H25ClN2O2. The molecule has 1 aliphatic rings. The highest BCUT2D eigenvalue weighted by Crippen LogP contribution is 2.40. The summed E-state index contributed by atoms with van der Waals surface area (Å²) in [6.45, 7) is 10.2. The topological polar surface area (TPSA) is 47.7 Å². The van der Waals surface area contributed by atoms with Gasteiger partial charge in [0.05, 0.1) is 5.02 Å². The van der Waals surface area contributed by atoms with E-state index in [2.05, 4.69) is 25.7 Å². The molecule has 5 heteroatoms. The average Bonchev–Trinajstić information content (AvgIpc) is 2.46. The zero-order valence-electron chi connectivity index (χ0n) is 13.1. The van der Waals surface area contributed by atoms with Gasteiger partial charge in [-0.3, -0.25) is 4.90 Å². The Hall–Kier alpha value is -0.970. The van der Waals surface area contributed by atoms with Crippen LogP contribution in [0.25, 0.3) is 0 Å². The van der Waals surface area contributed by atoms with Crippen molar-refractivity contribution < 1.29 is 9.47 Å². The van der Waals surface area contributed by atoms with Gasteiger partial charge in [-0.2, -0.15) is 0 Å². The minimum absolute atomic E-state index is 0.144. The Kier molecular flexibility index (Phi) is 5.73. The molecular weight excluding hydrogens is 288 g/mol. The number of likely N-dealkylation sites (N-methyl/N-ethyl adjacent to an activating group) is 1. The van der Waals surface area contributed by atoms with Crippen LogP contribution in [0.3, 0.4) is 0 Å². The molecule has 0 saturated heterocycles. The molecule has 0 bridgehead atoms. The Balaban J connectivity index is 2.31. The predicted octanol–water partition coefficient (Wildman–Crippen LogP) is 3.09. The molecule has 2 rings (SSSR count). The van der Waals surface area contributed by atoms with Crippen LogP contribution in [0, 0.1) is 5.92 Å². The number of ether oxygens (including phenoxy) is 2. The van der Waals surface area contributed by atoms with Crippen LogP contribution >= 0.6 is 11.6 Å². The fraction of sp³-hybridized carbons (Fsp3) is 0.625. The first kappa shape index (κ1) is 16.4. The van der Waals surface area contributed by atoms with Crippen LogP contribution in [-0.4, -0.2) is 37.7 Å². The molecule has 0 saturated carbocycles. The molecule has 4 nitrogen and oxygen atoms in total. The SMILES string of the molecule is CCN(CC(C)C)C(CN)c1cc(Cl)c2c(c1)OCCO2. The number of halogens is 1. The summed E-state index contributed by atoms with van der Waals surface area (Å²) >= 11 is 6.34. The van der Waals surface area contributed by atoms with Crippen molar-refractivity contribution in [3.63, 3.8) is 0 Å². The van der Waals surface area contributed by atoms with E-state index in [1.54, 1.807) is 0 Å². The fourth-order valence-electron chi connectivity index (χ4n) is 2.76. The van der Waals surface area contributed by atoms with Gasteiger partial charge in [-0.05, 0) is 30.2 Å². The maximum Gasteiger partial charge on any atom is 0.179 e. The molecule has 1 aliphatic heterocycles. The van der Waals surface area contributed by atoms with Gasteiger partial charge in [-0.1, -0.05) is 32.4 Å². The zero-order chi connectivity index (χ0) is 15.4. The molecule has 0 radical (unpaired) electrons. The first-order valence-corrected chi connectivity index (χ1v) is 7.97. The van der Waals surface area contributed by atoms with Crippen LogP contribution in [0.15, 0.2) is 12.1 Å². The zero-order valence-corrected chi connectivity index (χ0v) is 13.8. The third kappa shape index (κ3) is 3.82. The Bertz CT molecular complexity index is 480. The van der Waals surface area contributed by atoms with Crippen molar-refractivity contribution in [2.24, 2.45) is 11.7 Å². The highest BCUT2D eigenvalue weighted by Gasteiger charge is 2.23. The number of nitrogens with zero attached hydrogens (tertiary/aromatic N) is 1. The van der Waals surface area contributed by atoms with Gasteiger partial charge in [-0.15, -0.1) is 0 Å². The lowest BCUT2D eigenvalue weighted by Gasteiger charge is -2.32. The lowest BCUT2D eigenvalue weighted by atomic mass is 10.0. The van der Waals surface area contributed by atoms with Crippen LogP contribution in [0.5, 0.6) is 11.5 Å². The van der Waals surface area contributed by atoms with Gasteiger partial charge >= 0.3 is 0 Å². The van der Waals surface area contributed by atoms with Gasteiger partial charge in [0.15, 0.2) is 11.5 Å². The second-order valence-corrected chi connectivity index (χ2v) is 6.17. The van der Waals surface area contributed by atoms with Gasteiger partial charge in [-0.25, -0.2) is 0 Å². The normalized spacial score (nSPS) is 15.6.